The number of benzene rings is 1. The van der Waals surface area contributed by atoms with Crippen LogP contribution in [0.3, 0.4) is 0 Å². The summed E-state index contributed by atoms with van der Waals surface area (Å²) in [6, 6.07) is 10.6. The average Bonchev–Trinajstić information content (AvgIpc) is 2.68. The molecule has 0 aliphatic carbocycles. The lowest BCUT2D eigenvalue weighted by molar-refractivity contribution is -0.0287. The number of methoxy groups -OCH3 is 1. The van der Waals surface area contributed by atoms with Crippen molar-refractivity contribution in [3.63, 3.8) is 0 Å². The monoisotopic (exact) mass is 370 g/mol. The summed E-state index contributed by atoms with van der Waals surface area (Å²) in [5, 5.41) is 11.9. The highest BCUT2D eigenvalue weighted by Gasteiger charge is 2.33. The molecule has 0 spiro atoms. The fraction of sp³-hybridized carbons (Fsp3) is 0.571. The number of fused-ring (bicyclic) bond motifs is 1. The Morgan fingerprint density at radius 1 is 1.15 bits per heavy atom. The zero-order chi connectivity index (χ0) is 18.8. The number of ether oxygens (including phenoxy) is 1. The Balaban J connectivity index is 1.43. The Bertz CT molecular complexity index is 776. The first-order chi connectivity index (χ1) is 13.1. The molecule has 2 fully saturated rings. The SMILES string of the molecule is COc1nc2ccccc2cc1CN1CC[C@@H](N2CCN(C)CC2)[C@H](O)C1. The number of likely N-dealkylation sites (N-methyl/N-ethyl adjacent to an activating group) is 1. The number of piperazine rings is 1. The highest BCUT2D eigenvalue weighted by Crippen LogP contribution is 2.26. The van der Waals surface area contributed by atoms with Gasteiger partial charge in [0, 0.05) is 62.8 Å². The molecule has 1 aromatic carbocycles. The molecule has 4 rings (SSSR count). The molecular weight excluding hydrogens is 340 g/mol. The molecule has 0 saturated carbocycles. The third-order valence-electron chi connectivity index (χ3n) is 5.99. The zero-order valence-electron chi connectivity index (χ0n) is 16.3. The second-order valence-corrected chi connectivity index (χ2v) is 7.85. The van der Waals surface area contributed by atoms with Crippen molar-refractivity contribution in [1.82, 2.24) is 19.7 Å². The van der Waals surface area contributed by atoms with Crippen LogP contribution < -0.4 is 4.74 Å². The van der Waals surface area contributed by atoms with Crippen LogP contribution in [0, 0.1) is 0 Å². The minimum atomic E-state index is -0.304. The summed E-state index contributed by atoms with van der Waals surface area (Å²) in [5.41, 5.74) is 2.04. The average molecular weight is 370 g/mol. The number of nitrogens with zero attached hydrogens (tertiary/aromatic N) is 4. The number of aliphatic hydroxyl groups is 1. The van der Waals surface area contributed by atoms with Crippen molar-refractivity contribution >= 4 is 10.9 Å². The number of likely N-dealkylation sites (tertiary alicyclic amines) is 1. The van der Waals surface area contributed by atoms with E-state index in [1.165, 1.54) is 0 Å². The van der Waals surface area contributed by atoms with Crippen molar-refractivity contribution in [3.8, 4) is 5.88 Å². The summed E-state index contributed by atoms with van der Waals surface area (Å²) in [5.74, 6) is 0.685. The lowest BCUT2D eigenvalue weighted by Crippen LogP contribution is -2.58. The minimum absolute atomic E-state index is 0.284. The topological polar surface area (TPSA) is 52.1 Å². The van der Waals surface area contributed by atoms with Crippen molar-refractivity contribution in [3.05, 3.63) is 35.9 Å². The van der Waals surface area contributed by atoms with Crippen LogP contribution in [0.15, 0.2) is 30.3 Å². The van der Waals surface area contributed by atoms with E-state index in [-0.39, 0.29) is 12.1 Å². The number of aromatic nitrogens is 1. The van der Waals surface area contributed by atoms with Crippen LogP contribution in [0.5, 0.6) is 5.88 Å². The molecule has 6 nitrogen and oxygen atoms in total. The maximum absolute atomic E-state index is 10.8. The van der Waals surface area contributed by atoms with Crippen LogP contribution in [-0.2, 0) is 6.54 Å². The molecule has 27 heavy (non-hydrogen) atoms. The molecule has 6 heteroatoms. The summed E-state index contributed by atoms with van der Waals surface area (Å²) in [7, 11) is 3.84. The first-order valence-electron chi connectivity index (χ1n) is 9.89. The Hall–Kier alpha value is -1.73. The number of para-hydroxylation sites is 1. The molecule has 3 heterocycles. The molecule has 2 atom stereocenters. The van der Waals surface area contributed by atoms with E-state index in [2.05, 4.69) is 38.9 Å². The van der Waals surface area contributed by atoms with E-state index in [1.807, 2.05) is 18.2 Å². The molecule has 146 valence electrons. The molecule has 0 bridgehead atoms. The van der Waals surface area contributed by atoms with Crippen molar-refractivity contribution < 1.29 is 9.84 Å². The molecule has 0 amide bonds. The van der Waals surface area contributed by atoms with Gasteiger partial charge in [-0.2, -0.15) is 0 Å². The fourth-order valence-corrected chi connectivity index (χ4v) is 4.38. The Morgan fingerprint density at radius 3 is 2.67 bits per heavy atom. The Labute approximate surface area is 161 Å². The van der Waals surface area contributed by atoms with Gasteiger partial charge in [0.25, 0.3) is 0 Å². The van der Waals surface area contributed by atoms with Gasteiger partial charge in [-0.3, -0.25) is 9.80 Å². The molecule has 1 N–H and O–H groups in total. The number of piperidine rings is 1. The van der Waals surface area contributed by atoms with Gasteiger partial charge in [0.1, 0.15) is 0 Å². The second-order valence-electron chi connectivity index (χ2n) is 7.85. The third kappa shape index (κ3) is 4.09. The van der Waals surface area contributed by atoms with Gasteiger partial charge in [-0.25, -0.2) is 4.98 Å². The second kappa shape index (κ2) is 8.10. The van der Waals surface area contributed by atoms with Gasteiger partial charge in [0.15, 0.2) is 0 Å². The molecular formula is C21H30N4O2. The molecule has 0 radical (unpaired) electrons. The van der Waals surface area contributed by atoms with Gasteiger partial charge in [0.05, 0.1) is 18.7 Å². The Morgan fingerprint density at radius 2 is 1.93 bits per heavy atom. The molecule has 2 aromatic rings. The van der Waals surface area contributed by atoms with E-state index in [1.54, 1.807) is 7.11 Å². The van der Waals surface area contributed by atoms with Gasteiger partial charge in [-0.1, -0.05) is 18.2 Å². The molecule has 2 aliphatic rings. The highest BCUT2D eigenvalue weighted by molar-refractivity contribution is 5.80. The Kier molecular flexibility index (Phi) is 5.59. The van der Waals surface area contributed by atoms with Crippen LogP contribution in [0.4, 0.5) is 0 Å². The lowest BCUT2D eigenvalue weighted by atomic mass is 9.98. The summed E-state index contributed by atoms with van der Waals surface area (Å²) in [6.07, 6.45) is 0.704. The van der Waals surface area contributed by atoms with Gasteiger partial charge in [0.2, 0.25) is 5.88 Å². The summed E-state index contributed by atoms with van der Waals surface area (Å²) in [4.78, 5) is 11.8. The molecule has 2 aliphatic heterocycles. The first kappa shape index (κ1) is 18.6. The van der Waals surface area contributed by atoms with E-state index in [9.17, 15) is 5.11 Å². The van der Waals surface area contributed by atoms with Crippen LogP contribution in [0.2, 0.25) is 0 Å². The number of pyridine rings is 1. The van der Waals surface area contributed by atoms with Crippen molar-refractivity contribution in [2.75, 3.05) is 53.4 Å². The number of hydrogen-bond donors (Lipinski definition) is 1. The van der Waals surface area contributed by atoms with Gasteiger partial charge < -0.3 is 14.7 Å². The van der Waals surface area contributed by atoms with Crippen LogP contribution in [0.1, 0.15) is 12.0 Å². The number of aliphatic hydroxyl groups excluding tert-OH is 1. The predicted molar refractivity (Wildman–Crippen MR) is 107 cm³/mol. The van der Waals surface area contributed by atoms with Crippen LogP contribution in [-0.4, -0.2) is 90.4 Å². The van der Waals surface area contributed by atoms with Gasteiger partial charge in [-0.15, -0.1) is 0 Å². The number of rotatable bonds is 4. The van der Waals surface area contributed by atoms with E-state index < -0.39 is 0 Å². The van der Waals surface area contributed by atoms with Crippen molar-refractivity contribution in [2.45, 2.75) is 25.1 Å². The summed E-state index contributed by atoms with van der Waals surface area (Å²) < 4.78 is 5.54. The fourth-order valence-electron chi connectivity index (χ4n) is 4.38. The van der Waals surface area contributed by atoms with Crippen LogP contribution >= 0.6 is 0 Å². The van der Waals surface area contributed by atoms with E-state index in [0.717, 1.165) is 62.2 Å². The van der Waals surface area contributed by atoms with Crippen LogP contribution in [0.25, 0.3) is 10.9 Å². The smallest absolute Gasteiger partial charge is 0.218 e. The third-order valence-corrected chi connectivity index (χ3v) is 5.99. The first-order valence-corrected chi connectivity index (χ1v) is 9.89. The quantitative estimate of drug-likeness (QED) is 0.879. The number of β-amino-alcohol motifs (C(OH)–C–C–N with tert-alkyl or cyclic N) is 1. The largest absolute Gasteiger partial charge is 0.481 e. The standard InChI is InChI=1S/C21H30N4O2/c1-23-9-11-25(12-10-23)19-7-8-24(15-20(19)26)14-17-13-16-5-3-4-6-18(16)22-21(17)27-2/h3-6,13,19-20,26H,7-12,14-15H2,1-2H3/t19-,20-/m1/s1. The molecule has 0 unspecified atom stereocenters. The maximum atomic E-state index is 10.8. The molecule has 2 saturated heterocycles. The molecule has 1 aromatic heterocycles. The summed E-state index contributed by atoms with van der Waals surface area (Å²) >= 11 is 0. The van der Waals surface area contributed by atoms with Crippen molar-refractivity contribution in [2.24, 2.45) is 0 Å². The highest BCUT2D eigenvalue weighted by atomic mass is 16.5. The zero-order valence-corrected chi connectivity index (χ0v) is 16.3. The maximum Gasteiger partial charge on any atom is 0.218 e. The number of hydrogen-bond acceptors (Lipinski definition) is 6. The van der Waals surface area contributed by atoms with E-state index in [0.29, 0.717) is 12.4 Å². The summed E-state index contributed by atoms with van der Waals surface area (Å²) in [6.45, 7) is 6.74. The normalized spacial score (nSPS) is 25.7. The van der Waals surface area contributed by atoms with E-state index >= 15 is 0 Å². The predicted octanol–water partition coefficient (Wildman–Crippen LogP) is 1.43. The van der Waals surface area contributed by atoms with Gasteiger partial charge >= 0.3 is 0 Å². The van der Waals surface area contributed by atoms with E-state index in [4.69, 9.17) is 4.74 Å². The van der Waals surface area contributed by atoms with Crippen molar-refractivity contribution in [1.29, 1.82) is 0 Å². The lowest BCUT2D eigenvalue weighted by Gasteiger charge is -2.44. The minimum Gasteiger partial charge on any atom is -0.481 e. The van der Waals surface area contributed by atoms with Gasteiger partial charge in [-0.05, 0) is 25.6 Å².